The Morgan fingerprint density at radius 1 is 0.900 bits per heavy atom. The summed E-state index contributed by atoms with van der Waals surface area (Å²) in [4.78, 5) is 29.9. The number of amides is 2. The van der Waals surface area contributed by atoms with Gasteiger partial charge in [-0.3, -0.25) is 9.59 Å². The predicted octanol–water partition coefficient (Wildman–Crippen LogP) is 5.91. The van der Waals surface area contributed by atoms with Crippen molar-refractivity contribution in [2.24, 2.45) is 5.10 Å². The predicted molar refractivity (Wildman–Crippen MR) is 141 cm³/mol. The zero-order valence-corrected chi connectivity index (χ0v) is 21.2. The van der Waals surface area contributed by atoms with Gasteiger partial charge in [-0.05, 0) is 42.5 Å². The quantitative estimate of drug-likeness (QED) is 0.282. The second kappa shape index (κ2) is 11.6. The second-order valence-corrected chi connectivity index (χ2v) is 9.43. The molecule has 0 radical (unpaired) electrons. The van der Waals surface area contributed by atoms with Crippen molar-refractivity contribution in [3.63, 3.8) is 0 Å². The number of hydrogen-bond donors (Lipinski definition) is 1. The maximum absolute atomic E-state index is 14.6. The molecule has 1 aliphatic rings. The Morgan fingerprint density at radius 2 is 1.60 bits per heavy atom. The Morgan fingerprint density at radius 3 is 2.30 bits per heavy atom. The van der Waals surface area contributed by atoms with E-state index < -0.39 is 52.6 Å². The molecule has 202 valence electrons. The Labute approximate surface area is 229 Å². The largest absolute Gasteiger partial charge is 0.483 e. The van der Waals surface area contributed by atoms with Crippen molar-refractivity contribution in [2.45, 2.75) is 5.37 Å². The van der Waals surface area contributed by atoms with E-state index in [0.29, 0.717) is 29.1 Å². The fraction of sp³-hybridized carbons (Fsp3) is 0.0714. The highest BCUT2D eigenvalue weighted by atomic mass is 32.2. The number of anilines is 1. The van der Waals surface area contributed by atoms with Gasteiger partial charge in [-0.25, -0.2) is 27.6 Å². The molecule has 0 spiro atoms. The van der Waals surface area contributed by atoms with Crippen LogP contribution in [0.3, 0.4) is 0 Å². The molecule has 0 aliphatic carbocycles. The van der Waals surface area contributed by atoms with Gasteiger partial charge in [0.05, 0.1) is 0 Å². The summed E-state index contributed by atoms with van der Waals surface area (Å²) in [6.07, 6.45) is 1.51. The number of pyridine rings is 1. The summed E-state index contributed by atoms with van der Waals surface area (Å²) in [6, 6.07) is 17.5. The summed E-state index contributed by atoms with van der Waals surface area (Å²) in [5, 5.41) is 6.97. The van der Waals surface area contributed by atoms with Crippen molar-refractivity contribution in [3.05, 3.63) is 125 Å². The van der Waals surface area contributed by atoms with Crippen LogP contribution in [-0.2, 0) is 4.79 Å². The van der Waals surface area contributed by atoms with Crippen LogP contribution in [0.15, 0.2) is 90.2 Å². The molecule has 4 aromatic rings. The Balaban J connectivity index is 1.46. The highest BCUT2D eigenvalue weighted by molar-refractivity contribution is 8.14. The van der Waals surface area contributed by atoms with Gasteiger partial charge in [0.2, 0.25) is 0 Å². The van der Waals surface area contributed by atoms with Crippen LogP contribution in [0.25, 0.3) is 0 Å². The Kier molecular flexibility index (Phi) is 7.78. The fourth-order valence-corrected chi connectivity index (χ4v) is 5.01. The molecule has 0 bridgehead atoms. The standard InChI is InChI=1S/C28H18F4N4O3S/c29-17-10-8-16(9-11-17)26-35-36(27(38)25-20(31)13-18(30)14-21(25)32)28(40-26)19-5-1-2-6-22(19)39-15-24(37)34-23-7-3-4-12-33-23/h1-14,28H,15H2,(H,33,34,37). The van der Waals surface area contributed by atoms with Crippen molar-refractivity contribution in [3.8, 4) is 5.75 Å². The van der Waals surface area contributed by atoms with Crippen molar-refractivity contribution in [1.82, 2.24) is 9.99 Å². The molecular formula is C28H18F4N4O3S. The fourth-order valence-electron chi connectivity index (χ4n) is 3.83. The first-order valence-electron chi connectivity index (χ1n) is 11.7. The lowest BCUT2D eigenvalue weighted by atomic mass is 10.1. The Hall–Kier alpha value is -4.71. The van der Waals surface area contributed by atoms with Crippen LogP contribution >= 0.6 is 11.8 Å². The van der Waals surface area contributed by atoms with Crippen LogP contribution < -0.4 is 10.1 Å². The van der Waals surface area contributed by atoms with Gasteiger partial charge < -0.3 is 10.1 Å². The molecule has 7 nitrogen and oxygen atoms in total. The molecule has 1 aliphatic heterocycles. The number of para-hydroxylation sites is 1. The number of rotatable bonds is 7. The average molecular weight is 567 g/mol. The van der Waals surface area contributed by atoms with Crippen molar-refractivity contribution in [1.29, 1.82) is 0 Å². The summed E-state index contributed by atoms with van der Waals surface area (Å²) in [5.74, 6) is -5.61. The molecule has 0 fully saturated rings. The molecule has 1 unspecified atom stereocenters. The summed E-state index contributed by atoms with van der Waals surface area (Å²) in [5.41, 5.74) is -0.195. The first-order valence-corrected chi connectivity index (χ1v) is 12.6. The number of aromatic nitrogens is 1. The topological polar surface area (TPSA) is 83.9 Å². The first-order chi connectivity index (χ1) is 19.3. The molecule has 1 aromatic heterocycles. The number of nitrogens with zero attached hydrogens (tertiary/aromatic N) is 3. The molecule has 5 rings (SSSR count). The van der Waals surface area contributed by atoms with Crippen LogP contribution in [0.2, 0.25) is 0 Å². The normalized spacial score (nSPS) is 14.6. The summed E-state index contributed by atoms with van der Waals surface area (Å²) >= 11 is 1.04. The number of nitrogens with one attached hydrogen (secondary N) is 1. The van der Waals surface area contributed by atoms with Crippen LogP contribution in [0.5, 0.6) is 5.75 Å². The number of carbonyl (C=O) groups excluding carboxylic acids is 2. The molecular weight excluding hydrogens is 548 g/mol. The van der Waals surface area contributed by atoms with E-state index >= 15 is 0 Å². The number of thioether (sulfide) groups is 1. The van der Waals surface area contributed by atoms with Gasteiger partial charge in [-0.15, -0.1) is 0 Å². The number of carbonyl (C=O) groups is 2. The molecule has 2 heterocycles. The lowest BCUT2D eigenvalue weighted by Crippen LogP contribution is -2.28. The zero-order chi connectivity index (χ0) is 28.2. The molecule has 1 atom stereocenters. The maximum atomic E-state index is 14.6. The lowest BCUT2D eigenvalue weighted by Gasteiger charge is -2.23. The summed E-state index contributed by atoms with van der Waals surface area (Å²) in [7, 11) is 0. The van der Waals surface area contributed by atoms with Crippen LogP contribution in [-0.4, -0.2) is 33.5 Å². The highest BCUT2D eigenvalue weighted by Crippen LogP contribution is 2.45. The minimum atomic E-state index is -1.40. The maximum Gasteiger partial charge on any atom is 0.281 e. The van der Waals surface area contributed by atoms with E-state index in [0.717, 1.165) is 16.8 Å². The van der Waals surface area contributed by atoms with Gasteiger partial charge in [-0.2, -0.15) is 5.10 Å². The molecule has 2 amide bonds. The minimum absolute atomic E-state index is 0.199. The molecule has 0 saturated heterocycles. The molecule has 0 saturated carbocycles. The van der Waals surface area contributed by atoms with Crippen LogP contribution in [0, 0.1) is 23.3 Å². The number of benzene rings is 3. The smallest absolute Gasteiger partial charge is 0.281 e. The van der Waals surface area contributed by atoms with E-state index in [1.165, 1.54) is 30.5 Å². The van der Waals surface area contributed by atoms with E-state index in [-0.39, 0.29) is 10.8 Å². The average Bonchev–Trinajstić information content (AvgIpc) is 3.38. The van der Waals surface area contributed by atoms with E-state index in [1.54, 1.807) is 42.5 Å². The van der Waals surface area contributed by atoms with Crippen LogP contribution in [0.4, 0.5) is 23.4 Å². The SMILES string of the molecule is O=C(COc1ccccc1C1SC(c2ccc(F)cc2)=NN1C(=O)c1c(F)cc(F)cc1F)Nc1ccccn1. The summed E-state index contributed by atoms with van der Waals surface area (Å²) < 4.78 is 62.0. The number of ether oxygens (including phenoxy) is 1. The van der Waals surface area contributed by atoms with Gasteiger partial charge in [-0.1, -0.05) is 36.0 Å². The molecule has 40 heavy (non-hydrogen) atoms. The van der Waals surface area contributed by atoms with E-state index in [1.807, 2.05) is 0 Å². The molecule has 3 aromatic carbocycles. The Bertz CT molecular complexity index is 1580. The highest BCUT2D eigenvalue weighted by Gasteiger charge is 2.38. The third-order valence-corrected chi connectivity index (χ3v) is 6.86. The number of halogens is 4. The number of hydrogen-bond acceptors (Lipinski definition) is 6. The monoisotopic (exact) mass is 566 g/mol. The minimum Gasteiger partial charge on any atom is -0.483 e. The summed E-state index contributed by atoms with van der Waals surface area (Å²) in [6.45, 7) is -0.411. The van der Waals surface area contributed by atoms with E-state index in [4.69, 9.17) is 4.74 Å². The van der Waals surface area contributed by atoms with Gasteiger partial charge in [0.15, 0.2) is 6.61 Å². The van der Waals surface area contributed by atoms with Crippen molar-refractivity contribution < 1.29 is 31.9 Å². The van der Waals surface area contributed by atoms with Gasteiger partial charge in [0.1, 0.15) is 50.8 Å². The second-order valence-electron chi connectivity index (χ2n) is 8.37. The molecule has 12 heteroatoms. The van der Waals surface area contributed by atoms with E-state index in [9.17, 15) is 27.2 Å². The molecule has 1 N–H and O–H groups in total. The van der Waals surface area contributed by atoms with Crippen molar-refractivity contribution in [2.75, 3.05) is 11.9 Å². The number of hydrazone groups is 1. The lowest BCUT2D eigenvalue weighted by molar-refractivity contribution is -0.118. The van der Waals surface area contributed by atoms with Crippen LogP contribution in [0.1, 0.15) is 26.9 Å². The van der Waals surface area contributed by atoms with Gasteiger partial charge in [0, 0.05) is 29.5 Å². The van der Waals surface area contributed by atoms with Crippen molar-refractivity contribution >= 4 is 34.4 Å². The third kappa shape index (κ3) is 5.81. The van der Waals surface area contributed by atoms with Gasteiger partial charge >= 0.3 is 0 Å². The zero-order valence-electron chi connectivity index (χ0n) is 20.4. The van der Waals surface area contributed by atoms with E-state index in [2.05, 4.69) is 15.4 Å². The third-order valence-electron chi connectivity index (χ3n) is 5.64. The van der Waals surface area contributed by atoms with Gasteiger partial charge in [0.25, 0.3) is 11.8 Å². The first kappa shape index (κ1) is 26.9.